The molecule has 0 spiro atoms. The van der Waals surface area contributed by atoms with Gasteiger partial charge in [-0.2, -0.15) is 0 Å². The van der Waals surface area contributed by atoms with E-state index in [4.69, 9.17) is 5.11 Å². The molecule has 0 aromatic heterocycles. The molecule has 3 unspecified atom stereocenters. The number of aliphatic carboxylic acids is 2. The molecule has 0 saturated carbocycles. The molecule has 134 valence electrons. The van der Waals surface area contributed by atoms with Crippen LogP contribution in [0, 0.1) is 5.92 Å². The normalized spacial score (nSPS) is 16.1. The Kier molecular flexibility index (Phi) is 8.16. The molecule has 0 aliphatic carbocycles. The Bertz CT molecular complexity index is 586. The van der Waals surface area contributed by atoms with Gasteiger partial charge in [-0.05, 0) is 31.2 Å². The van der Waals surface area contributed by atoms with Crippen molar-refractivity contribution < 1.29 is 29.3 Å². The van der Waals surface area contributed by atoms with Crippen molar-refractivity contribution in [2.45, 2.75) is 44.7 Å². The molecule has 0 aliphatic rings. The van der Waals surface area contributed by atoms with Crippen molar-refractivity contribution in [1.29, 1.82) is 0 Å². The number of rotatable bonds is 11. The number of carboxylic acid groups (broad SMARTS) is 2. The molecule has 3 N–H and O–H groups in total. The molecule has 3 atom stereocenters. The fourth-order valence-electron chi connectivity index (χ4n) is 2.93. The monoisotopic (exact) mass is 356 g/mol. The number of carboxylic acids is 2. The first kappa shape index (κ1) is 20.4. The van der Waals surface area contributed by atoms with Crippen LogP contribution in [0.4, 0.5) is 0 Å². The van der Waals surface area contributed by atoms with Crippen LogP contribution in [0.15, 0.2) is 30.3 Å². The maximum Gasteiger partial charge on any atom is 0.307 e. The lowest BCUT2D eigenvalue weighted by molar-refractivity contribution is -0.143. The Hall–Kier alpha value is -1.65. The first-order chi connectivity index (χ1) is 11.3. The Morgan fingerprint density at radius 3 is 2.29 bits per heavy atom. The first-order valence-electron chi connectivity index (χ1n) is 8.08. The Morgan fingerprint density at radius 1 is 1.17 bits per heavy atom. The van der Waals surface area contributed by atoms with Crippen molar-refractivity contribution in [2.75, 3.05) is 6.16 Å². The molecule has 0 saturated heterocycles. The summed E-state index contributed by atoms with van der Waals surface area (Å²) in [5.41, 5.74) is 0.149. The van der Waals surface area contributed by atoms with Gasteiger partial charge < -0.3 is 15.1 Å². The smallest absolute Gasteiger partial charge is 0.307 e. The molecule has 0 radical (unpaired) electrons. The van der Waals surface area contributed by atoms with Crippen molar-refractivity contribution in [1.82, 2.24) is 0 Å². The maximum absolute atomic E-state index is 12.7. The lowest BCUT2D eigenvalue weighted by Gasteiger charge is -2.27. The van der Waals surface area contributed by atoms with Crippen LogP contribution in [-0.4, -0.2) is 38.9 Å². The van der Waals surface area contributed by atoms with E-state index >= 15 is 0 Å². The lowest BCUT2D eigenvalue weighted by Crippen LogP contribution is -2.29. The van der Waals surface area contributed by atoms with Crippen molar-refractivity contribution >= 4 is 19.3 Å². The van der Waals surface area contributed by atoms with Gasteiger partial charge >= 0.3 is 11.9 Å². The van der Waals surface area contributed by atoms with Gasteiger partial charge in [0.05, 0.1) is 5.92 Å². The molecule has 0 amide bonds. The van der Waals surface area contributed by atoms with Crippen LogP contribution < -0.4 is 0 Å². The number of hydrogen-bond donors (Lipinski definition) is 3. The summed E-state index contributed by atoms with van der Waals surface area (Å²) in [6.07, 6.45) is 0.949. The average Bonchev–Trinajstić information content (AvgIpc) is 2.51. The fourth-order valence-corrected chi connectivity index (χ4v) is 5.28. The Morgan fingerprint density at radius 2 is 1.79 bits per heavy atom. The minimum absolute atomic E-state index is 0.0389. The SMILES string of the molecule is CCC(C(CCC(=O)O)C(=O)O)P(=O)(O)CCCc1ccccc1. The third-order valence-electron chi connectivity index (χ3n) is 4.17. The zero-order valence-corrected chi connectivity index (χ0v) is 14.7. The molecule has 0 heterocycles. The summed E-state index contributed by atoms with van der Waals surface area (Å²) in [5, 5.41) is 18.1. The molecule has 0 aliphatic heterocycles. The summed E-state index contributed by atoms with van der Waals surface area (Å²) in [7, 11) is -3.68. The van der Waals surface area contributed by atoms with E-state index < -0.39 is 30.9 Å². The van der Waals surface area contributed by atoms with Gasteiger partial charge in [0.2, 0.25) is 7.37 Å². The molecular formula is C17H25O6P. The summed E-state index contributed by atoms with van der Waals surface area (Å²) >= 11 is 0. The predicted molar refractivity (Wildman–Crippen MR) is 91.5 cm³/mol. The van der Waals surface area contributed by atoms with Gasteiger partial charge in [0.1, 0.15) is 0 Å². The highest BCUT2D eigenvalue weighted by Crippen LogP contribution is 2.52. The molecule has 1 rings (SSSR count). The second kappa shape index (κ2) is 9.60. The third kappa shape index (κ3) is 6.46. The molecule has 24 heavy (non-hydrogen) atoms. The van der Waals surface area contributed by atoms with E-state index in [1.54, 1.807) is 6.92 Å². The number of carbonyl (C=O) groups is 2. The number of aryl methyl sites for hydroxylation is 1. The highest BCUT2D eigenvalue weighted by Gasteiger charge is 2.39. The maximum atomic E-state index is 12.7. The topological polar surface area (TPSA) is 112 Å². The van der Waals surface area contributed by atoms with Crippen LogP contribution in [0.25, 0.3) is 0 Å². The number of hydrogen-bond acceptors (Lipinski definition) is 3. The van der Waals surface area contributed by atoms with Crippen molar-refractivity contribution in [3.05, 3.63) is 35.9 Å². The fraction of sp³-hybridized carbons (Fsp3) is 0.529. The lowest BCUT2D eigenvalue weighted by atomic mass is 9.97. The molecule has 7 heteroatoms. The zero-order valence-electron chi connectivity index (χ0n) is 13.8. The van der Waals surface area contributed by atoms with E-state index in [9.17, 15) is 24.2 Å². The van der Waals surface area contributed by atoms with E-state index in [2.05, 4.69) is 0 Å². The Balaban J connectivity index is 2.72. The molecule has 6 nitrogen and oxygen atoms in total. The molecule has 1 aromatic carbocycles. The molecule has 0 fully saturated rings. The van der Waals surface area contributed by atoms with Gasteiger partial charge in [0.25, 0.3) is 0 Å². The summed E-state index contributed by atoms with van der Waals surface area (Å²) in [5.74, 6) is -3.42. The molecule has 1 aromatic rings. The standard InChI is InChI=1S/C17H25O6P/c1-2-15(14(17(20)21)10-11-16(18)19)24(22,23)12-6-9-13-7-4-3-5-8-13/h3-5,7-8,14-15H,2,6,9-12H2,1H3,(H,18,19)(H,20,21)(H,22,23). The van der Waals surface area contributed by atoms with Crippen LogP contribution >= 0.6 is 7.37 Å². The quantitative estimate of drug-likeness (QED) is 0.525. The van der Waals surface area contributed by atoms with Gasteiger partial charge in [-0.15, -0.1) is 0 Å². The van der Waals surface area contributed by atoms with E-state index in [-0.39, 0.29) is 25.4 Å². The minimum Gasteiger partial charge on any atom is -0.481 e. The third-order valence-corrected chi connectivity index (χ3v) is 6.89. The minimum atomic E-state index is -3.68. The van der Waals surface area contributed by atoms with Gasteiger partial charge in [-0.3, -0.25) is 14.2 Å². The van der Waals surface area contributed by atoms with Crippen molar-refractivity contribution in [3.63, 3.8) is 0 Å². The van der Waals surface area contributed by atoms with E-state index in [0.29, 0.717) is 12.8 Å². The highest BCUT2D eigenvalue weighted by atomic mass is 31.2. The highest BCUT2D eigenvalue weighted by molar-refractivity contribution is 7.58. The van der Waals surface area contributed by atoms with Gasteiger partial charge in [-0.25, -0.2) is 0 Å². The largest absolute Gasteiger partial charge is 0.481 e. The van der Waals surface area contributed by atoms with Gasteiger partial charge in [0.15, 0.2) is 0 Å². The summed E-state index contributed by atoms with van der Waals surface area (Å²) < 4.78 is 12.7. The zero-order chi connectivity index (χ0) is 18.2. The summed E-state index contributed by atoms with van der Waals surface area (Å²) in [4.78, 5) is 32.5. The molecule has 0 bridgehead atoms. The van der Waals surface area contributed by atoms with Crippen LogP contribution in [0.3, 0.4) is 0 Å². The summed E-state index contributed by atoms with van der Waals surface area (Å²) in [6.45, 7) is 1.67. The second-order valence-electron chi connectivity index (χ2n) is 5.92. The van der Waals surface area contributed by atoms with E-state index in [1.165, 1.54) is 0 Å². The van der Waals surface area contributed by atoms with Crippen LogP contribution in [0.1, 0.15) is 38.2 Å². The van der Waals surface area contributed by atoms with Crippen LogP contribution in [0.2, 0.25) is 0 Å². The first-order valence-corrected chi connectivity index (χ1v) is 9.99. The van der Waals surface area contributed by atoms with Crippen molar-refractivity contribution in [2.24, 2.45) is 5.92 Å². The van der Waals surface area contributed by atoms with Crippen LogP contribution in [0.5, 0.6) is 0 Å². The van der Waals surface area contributed by atoms with Crippen molar-refractivity contribution in [3.8, 4) is 0 Å². The summed E-state index contributed by atoms with van der Waals surface area (Å²) in [6, 6.07) is 9.57. The van der Waals surface area contributed by atoms with Gasteiger partial charge in [0, 0.05) is 18.2 Å². The average molecular weight is 356 g/mol. The van der Waals surface area contributed by atoms with Crippen LogP contribution in [-0.2, 0) is 20.6 Å². The van der Waals surface area contributed by atoms with Gasteiger partial charge in [-0.1, -0.05) is 37.3 Å². The second-order valence-corrected chi connectivity index (χ2v) is 8.54. The Labute approximate surface area is 142 Å². The van der Waals surface area contributed by atoms with E-state index in [0.717, 1.165) is 5.56 Å². The number of benzene rings is 1. The predicted octanol–water partition coefficient (Wildman–Crippen LogP) is 3.23. The molecular weight excluding hydrogens is 331 g/mol. The van der Waals surface area contributed by atoms with E-state index in [1.807, 2.05) is 30.3 Å².